The quantitative estimate of drug-likeness (QED) is 0.0706. The Balaban J connectivity index is 1.11. The van der Waals surface area contributed by atoms with Gasteiger partial charge in [0, 0.05) is 22.8 Å². The summed E-state index contributed by atoms with van der Waals surface area (Å²) in [6, 6.07) is 11.8. The summed E-state index contributed by atoms with van der Waals surface area (Å²) in [5, 5.41) is 27.8. The highest BCUT2D eigenvalue weighted by Crippen LogP contribution is 2.52. The van der Waals surface area contributed by atoms with E-state index >= 15 is 0 Å². The van der Waals surface area contributed by atoms with Crippen molar-refractivity contribution in [2.24, 2.45) is 0 Å². The SMILES string of the molecule is C[C@]1(O)C(n2ccc3c(N(NS(C)(=O)=O)C4CC4)ncnc32)OC(COP(=O)(NC2(C(=O)OCc3ccccc3C(F)(F)F)CCC2)Oc2ccc(Cl)cc2)[C@H]1O. The van der Waals surface area contributed by atoms with Crippen LogP contribution in [0.1, 0.15) is 56.4 Å². The Morgan fingerprint density at radius 2 is 1.84 bits per heavy atom. The molecule has 5 atom stereocenters. The summed E-state index contributed by atoms with van der Waals surface area (Å²) in [5.41, 5.74) is -4.70. The second-order valence-electron chi connectivity index (χ2n) is 14.4. The largest absolute Gasteiger partial charge is 0.459 e. The van der Waals surface area contributed by atoms with Crippen molar-refractivity contribution in [3.8, 4) is 5.75 Å². The number of carbonyl (C=O) groups excluding carboxylic acids is 1. The van der Waals surface area contributed by atoms with Crippen LogP contribution in [0.5, 0.6) is 5.75 Å². The molecular formula is C35H39ClF3N6O10PS. The molecule has 0 spiro atoms. The molecule has 0 amide bonds. The zero-order valence-corrected chi connectivity index (χ0v) is 32.9. The Hall–Kier alpha value is -3.85. The van der Waals surface area contributed by atoms with Gasteiger partial charge in [0.1, 0.15) is 47.7 Å². The van der Waals surface area contributed by atoms with Crippen LogP contribution in [0.15, 0.2) is 67.1 Å². The number of ether oxygens (including phenoxy) is 2. The minimum Gasteiger partial charge on any atom is -0.459 e. The van der Waals surface area contributed by atoms with Crippen LogP contribution < -0.4 is 19.5 Å². The molecule has 1 saturated heterocycles. The zero-order valence-electron chi connectivity index (χ0n) is 30.4. The smallest absolute Gasteiger partial charge is 0.459 e. The van der Waals surface area contributed by atoms with Gasteiger partial charge in [0.2, 0.25) is 10.0 Å². The topological polar surface area (TPSA) is 204 Å². The van der Waals surface area contributed by atoms with Crippen molar-refractivity contribution in [1.82, 2.24) is 24.5 Å². The minimum atomic E-state index is -4.69. The lowest BCUT2D eigenvalue weighted by atomic mass is 9.78. The maximum absolute atomic E-state index is 14.6. The van der Waals surface area contributed by atoms with Gasteiger partial charge >= 0.3 is 19.9 Å². The number of nitrogens with zero attached hydrogens (tertiary/aromatic N) is 4. The lowest BCUT2D eigenvalue weighted by Gasteiger charge is -2.41. The van der Waals surface area contributed by atoms with Gasteiger partial charge in [-0.15, -0.1) is 4.83 Å². The number of sulfonamides is 1. The fraction of sp³-hybridized carbons (Fsp3) is 0.457. The number of aliphatic hydroxyl groups excluding tert-OH is 1. The molecule has 3 fully saturated rings. The third-order valence-electron chi connectivity index (χ3n) is 9.98. The molecule has 2 aromatic carbocycles. The molecule has 0 bridgehead atoms. The summed E-state index contributed by atoms with van der Waals surface area (Å²) in [4.78, 5) is 24.7. The summed E-state index contributed by atoms with van der Waals surface area (Å²) in [5.74, 6) is -0.707. The van der Waals surface area contributed by atoms with Gasteiger partial charge in [-0.05, 0) is 75.4 Å². The summed E-state index contributed by atoms with van der Waals surface area (Å²) >= 11 is 6.02. The standard InChI is InChI=1S/C35H39ClF3N6O10PS/c1-33(48)28(46)27(54-31(33)44-17-14-25-29(44)40-20-41-30(25)45(23-10-11-23)43-57(2,50)51)19-53-56(49,55-24-12-8-22(36)9-13-24)42-34(15-5-16-34)32(47)52-18-21-6-3-4-7-26(21)35(37,38)39/h3-4,6-9,12-14,17,20,23,27-28,31,43,46,48H,5,10-11,15-16,18-19H2,1-2H3,(H,42,49)/t27?,28-,31?,33-,56?/m1/s1. The molecular weight excluding hydrogens is 820 g/mol. The molecule has 0 radical (unpaired) electrons. The number of aromatic nitrogens is 3. The van der Waals surface area contributed by atoms with Crippen LogP contribution in [-0.4, -0.2) is 81.4 Å². The highest BCUT2D eigenvalue weighted by molar-refractivity contribution is 7.88. The maximum atomic E-state index is 14.6. The fourth-order valence-corrected chi connectivity index (χ4v) is 9.23. The summed E-state index contributed by atoms with van der Waals surface area (Å²) in [7, 11) is -8.32. The second kappa shape index (κ2) is 15.4. The molecule has 2 aliphatic carbocycles. The Morgan fingerprint density at radius 1 is 1.14 bits per heavy atom. The van der Waals surface area contributed by atoms with E-state index in [4.69, 9.17) is 30.1 Å². The van der Waals surface area contributed by atoms with Gasteiger partial charge in [-0.3, -0.25) is 14.3 Å². The van der Waals surface area contributed by atoms with Crippen molar-refractivity contribution in [1.29, 1.82) is 0 Å². The third kappa shape index (κ3) is 8.79. The molecule has 1 aliphatic heterocycles. The average molecular weight is 859 g/mol. The highest BCUT2D eigenvalue weighted by Gasteiger charge is 2.56. The number of esters is 1. The van der Waals surface area contributed by atoms with Crippen LogP contribution >= 0.6 is 19.3 Å². The van der Waals surface area contributed by atoms with Crippen molar-refractivity contribution in [3.63, 3.8) is 0 Å². The Kier molecular flexibility index (Phi) is 11.2. The van der Waals surface area contributed by atoms with Gasteiger partial charge in [0.05, 0.1) is 23.8 Å². The molecule has 2 aromatic heterocycles. The predicted molar refractivity (Wildman–Crippen MR) is 198 cm³/mol. The van der Waals surface area contributed by atoms with E-state index in [2.05, 4.69) is 19.9 Å². The molecule has 3 aliphatic rings. The van der Waals surface area contributed by atoms with E-state index in [1.54, 1.807) is 6.07 Å². The highest BCUT2D eigenvalue weighted by atomic mass is 35.5. The van der Waals surface area contributed by atoms with E-state index < -0.39 is 78.3 Å². The van der Waals surface area contributed by atoms with Crippen molar-refractivity contribution in [2.45, 2.75) is 87.4 Å². The van der Waals surface area contributed by atoms with E-state index in [1.165, 1.54) is 71.5 Å². The van der Waals surface area contributed by atoms with Crippen LogP contribution in [0.2, 0.25) is 5.02 Å². The molecule has 22 heteroatoms. The van der Waals surface area contributed by atoms with Crippen LogP contribution in [0.4, 0.5) is 19.0 Å². The molecule has 57 heavy (non-hydrogen) atoms. The zero-order chi connectivity index (χ0) is 41.0. The van der Waals surface area contributed by atoms with E-state index in [0.29, 0.717) is 16.8 Å². The number of aliphatic hydroxyl groups is 2. The van der Waals surface area contributed by atoms with Crippen molar-refractivity contribution in [3.05, 3.63) is 83.3 Å². The Labute approximate surface area is 329 Å². The van der Waals surface area contributed by atoms with Crippen LogP contribution in [-0.2, 0) is 46.2 Å². The number of halogens is 4. The predicted octanol–water partition coefficient (Wildman–Crippen LogP) is 5.01. The van der Waals surface area contributed by atoms with Gasteiger partial charge < -0.3 is 28.8 Å². The number of rotatable bonds is 15. The van der Waals surface area contributed by atoms with Crippen molar-refractivity contribution < 1.29 is 59.7 Å². The minimum absolute atomic E-state index is 0.00911. The molecule has 3 heterocycles. The first kappa shape index (κ1) is 41.3. The number of hydrazine groups is 1. The Morgan fingerprint density at radius 3 is 2.47 bits per heavy atom. The molecule has 2 saturated carbocycles. The van der Waals surface area contributed by atoms with E-state index in [0.717, 1.165) is 25.2 Å². The molecule has 3 unspecified atom stereocenters. The van der Waals surface area contributed by atoms with Crippen LogP contribution in [0.25, 0.3) is 11.0 Å². The summed E-state index contributed by atoms with van der Waals surface area (Å²) in [6.45, 7) is -0.0632. The molecule has 16 nitrogen and oxygen atoms in total. The first-order valence-electron chi connectivity index (χ1n) is 17.7. The fourth-order valence-electron chi connectivity index (χ4n) is 6.76. The van der Waals surface area contributed by atoms with Crippen LogP contribution in [0.3, 0.4) is 0 Å². The number of fused-ring (bicyclic) bond motifs is 1. The van der Waals surface area contributed by atoms with Gasteiger partial charge in [0.25, 0.3) is 0 Å². The van der Waals surface area contributed by atoms with Crippen molar-refractivity contribution >= 4 is 52.2 Å². The van der Waals surface area contributed by atoms with Gasteiger partial charge in [-0.25, -0.2) is 23.0 Å². The number of carbonyl (C=O) groups is 1. The molecule has 308 valence electrons. The number of hydrogen-bond donors (Lipinski definition) is 4. The number of nitrogens with one attached hydrogen (secondary N) is 2. The second-order valence-corrected chi connectivity index (χ2v) is 18.3. The number of anilines is 1. The molecule has 7 rings (SSSR count). The Bertz CT molecular complexity index is 2290. The van der Waals surface area contributed by atoms with E-state index in [9.17, 15) is 41.2 Å². The van der Waals surface area contributed by atoms with Crippen LogP contribution in [0, 0.1) is 0 Å². The van der Waals surface area contributed by atoms with Crippen molar-refractivity contribution in [2.75, 3.05) is 17.9 Å². The summed E-state index contributed by atoms with van der Waals surface area (Å²) < 4.78 is 104. The lowest BCUT2D eigenvalue weighted by Crippen LogP contribution is -2.57. The van der Waals surface area contributed by atoms with Gasteiger partial charge in [-0.1, -0.05) is 29.8 Å². The third-order valence-corrected chi connectivity index (χ3v) is 12.4. The first-order valence-corrected chi connectivity index (χ1v) is 21.6. The number of benzene rings is 2. The lowest BCUT2D eigenvalue weighted by molar-refractivity contribution is -0.157. The van der Waals surface area contributed by atoms with Gasteiger partial charge in [-0.2, -0.15) is 18.3 Å². The number of alkyl halides is 3. The van der Waals surface area contributed by atoms with E-state index in [1.807, 2.05) is 0 Å². The van der Waals surface area contributed by atoms with Gasteiger partial charge in [0.15, 0.2) is 12.0 Å². The normalized spacial score (nSPS) is 24.5. The molecule has 4 N–H and O–H groups in total. The van der Waals surface area contributed by atoms with E-state index in [-0.39, 0.29) is 41.7 Å². The first-order chi connectivity index (χ1) is 26.8. The summed E-state index contributed by atoms with van der Waals surface area (Å²) in [6.07, 6.45) is -3.18. The maximum Gasteiger partial charge on any atom is 0.459 e. The monoisotopic (exact) mass is 858 g/mol. The average Bonchev–Trinajstić information content (AvgIpc) is 3.85. The number of hydrogen-bond acceptors (Lipinski definition) is 13. The molecule has 4 aromatic rings.